The van der Waals surface area contributed by atoms with Crippen molar-refractivity contribution in [3.63, 3.8) is 0 Å². The van der Waals surface area contributed by atoms with Gasteiger partial charge in [0.05, 0.1) is 18.0 Å². The van der Waals surface area contributed by atoms with Crippen molar-refractivity contribution in [1.29, 1.82) is 0 Å². The summed E-state index contributed by atoms with van der Waals surface area (Å²) in [5, 5.41) is 19.9. The molecule has 0 spiro atoms. The SMILES string of the molecule is Cc1ccc2cc(C(O)C(C)CC(=O)O)ccc2n1. The quantitative estimate of drug-likeness (QED) is 0.885. The number of hydrogen-bond donors (Lipinski definition) is 2. The molecule has 4 nitrogen and oxygen atoms in total. The Balaban J connectivity index is 2.30. The van der Waals surface area contributed by atoms with E-state index in [0.717, 1.165) is 22.2 Å². The van der Waals surface area contributed by atoms with E-state index < -0.39 is 12.1 Å². The lowest BCUT2D eigenvalue weighted by atomic mass is 9.94. The fraction of sp³-hybridized carbons (Fsp3) is 0.333. The molecule has 19 heavy (non-hydrogen) atoms. The van der Waals surface area contributed by atoms with Crippen LogP contribution in [0.5, 0.6) is 0 Å². The Kier molecular flexibility index (Phi) is 3.81. The third-order valence-corrected chi connectivity index (χ3v) is 3.23. The molecule has 2 rings (SSSR count). The summed E-state index contributed by atoms with van der Waals surface area (Å²) in [4.78, 5) is 15.1. The zero-order valence-electron chi connectivity index (χ0n) is 11.0. The molecule has 0 aliphatic rings. The minimum absolute atomic E-state index is 0.0502. The second-order valence-electron chi connectivity index (χ2n) is 4.92. The molecule has 1 aromatic carbocycles. The van der Waals surface area contributed by atoms with Gasteiger partial charge in [0.25, 0.3) is 0 Å². The minimum Gasteiger partial charge on any atom is -0.481 e. The maximum absolute atomic E-state index is 10.7. The Bertz CT molecular complexity index is 609. The Morgan fingerprint density at radius 2 is 2.05 bits per heavy atom. The van der Waals surface area contributed by atoms with E-state index in [-0.39, 0.29) is 12.3 Å². The number of aliphatic carboxylic acids is 1. The summed E-state index contributed by atoms with van der Waals surface area (Å²) < 4.78 is 0. The summed E-state index contributed by atoms with van der Waals surface area (Å²) in [6.07, 6.45) is -0.826. The highest BCUT2D eigenvalue weighted by molar-refractivity contribution is 5.79. The number of aliphatic hydroxyl groups excluding tert-OH is 1. The second-order valence-corrected chi connectivity index (χ2v) is 4.92. The van der Waals surface area contributed by atoms with Crippen molar-refractivity contribution in [3.8, 4) is 0 Å². The van der Waals surface area contributed by atoms with Gasteiger partial charge in [-0.05, 0) is 36.6 Å². The van der Waals surface area contributed by atoms with Crippen LogP contribution in [-0.4, -0.2) is 21.2 Å². The van der Waals surface area contributed by atoms with Gasteiger partial charge in [-0.3, -0.25) is 9.78 Å². The van der Waals surface area contributed by atoms with E-state index in [4.69, 9.17) is 5.11 Å². The molecule has 0 bridgehead atoms. The Hall–Kier alpha value is -1.94. The zero-order valence-corrected chi connectivity index (χ0v) is 11.0. The average Bonchev–Trinajstić information content (AvgIpc) is 2.36. The highest BCUT2D eigenvalue weighted by Crippen LogP contribution is 2.26. The fourth-order valence-electron chi connectivity index (χ4n) is 2.15. The molecule has 0 aliphatic heterocycles. The number of carbonyl (C=O) groups is 1. The van der Waals surface area contributed by atoms with Gasteiger partial charge < -0.3 is 10.2 Å². The zero-order chi connectivity index (χ0) is 14.0. The van der Waals surface area contributed by atoms with E-state index in [0.29, 0.717) is 0 Å². The number of pyridine rings is 1. The molecule has 0 radical (unpaired) electrons. The average molecular weight is 259 g/mol. The Labute approximate surface area is 111 Å². The second kappa shape index (κ2) is 5.36. The molecule has 0 fully saturated rings. The lowest BCUT2D eigenvalue weighted by Crippen LogP contribution is -2.13. The van der Waals surface area contributed by atoms with E-state index in [2.05, 4.69) is 4.98 Å². The van der Waals surface area contributed by atoms with Crippen LogP contribution in [0.2, 0.25) is 0 Å². The molecule has 0 aliphatic carbocycles. The Morgan fingerprint density at radius 1 is 1.32 bits per heavy atom. The summed E-state index contributed by atoms with van der Waals surface area (Å²) >= 11 is 0. The number of aromatic nitrogens is 1. The topological polar surface area (TPSA) is 70.4 Å². The van der Waals surface area contributed by atoms with Crippen LogP contribution < -0.4 is 0 Å². The molecule has 2 aromatic rings. The van der Waals surface area contributed by atoms with Gasteiger partial charge in [0, 0.05) is 11.1 Å². The van der Waals surface area contributed by atoms with Crippen LogP contribution in [-0.2, 0) is 4.79 Å². The van der Waals surface area contributed by atoms with Crippen LogP contribution in [0.3, 0.4) is 0 Å². The summed E-state index contributed by atoms with van der Waals surface area (Å²) in [7, 11) is 0. The maximum Gasteiger partial charge on any atom is 0.303 e. The highest BCUT2D eigenvalue weighted by atomic mass is 16.4. The van der Waals surface area contributed by atoms with E-state index >= 15 is 0 Å². The van der Waals surface area contributed by atoms with Crippen LogP contribution in [0.25, 0.3) is 10.9 Å². The van der Waals surface area contributed by atoms with Gasteiger partial charge in [0.1, 0.15) is 0 Å². The number of aryl methyl sites for hydroxylation is 1. The van der Waals surface area contributed by atoms with Crippen molar-refractivity contribution in [1.82, 2.24) is 4.98 Å². The van der Waals surface area contributed by atoms with Crippen LogP contribution in [0.1, 0.15) is 30.7 Å². The molecule has 1 heterocycles. The van der Waals surface area contributed by atoms with Crippen LogP contribution in [0.4, 0.5) is 0 Å². The number of nitrogens with zero attached hydrogens (tertiary/aromatic N) is 1. The summed E-state index contributed by atoms with van der Waals surface area (Å²) in [6.45, 7) is 3.66. The number of benzene rings is 1. The van der Waals surface area contributed by atoms with Crippen molar-refractivity contribution in [2.45, 2.75) is 26.4 Å². The smallest absolute Gasteiger partial charge is 0.303 e. The van der Waals surface area contributed by atoms with Crippen molar-refractivity contribution in [2.75, 3.05) is 0 Å². The van der Waals surface area contributed by atoms with Gasteiger partial charge in [-0.1, -0.05) is 19.1 Å². The molecule has 100 valence electrons. The molecule has 2 unspecified atom stereocenters. The molecule has 2 N–H and O–H groups in total. The Morgan fingerprint density at radius 3 is 2.74 bits per heavy atom. The van der Waals surface area contributed by atoms with E-state index in [9.17, 15) is 9.90 Å². The normalized spacial score (nSPS) is 14.3. The first-order valence-corrected chi connectivity index (χ1v) is 6.24. The molecule has 0 amide bonds. The number of carboxylic acid groups (broad SMARTS) is 1. The number of fused-ring (bicyclic) bond motifs is 1. The third kappa shape index (κ3) is 3.09. The molecule has 1 aromatic heterocycles. The van der Waals surface area contributed by atoms with Gasteiger partial charge >= 0.3 is 5.97 Å². The lowest BCUT2D eigenvalue weighted by molar-refractivity contribution is -0.139. The molecule has 4 heteroatoms. The van der Waals surface area contributed by atoms with Crippen LogP contribution >= 0.6 is 0 Å². The minimum atomic E-state index is -0.898. The van der Waals surface area contributed by atoms with Crippen molar-refractivity contribution >= 4 is 16.9 Å². The number of aliphatic hydroxyl groups is 1. The first kappa shape index (κ1) is 13.5. The maximum atomic E-state index is 10.7. The first-order valence-electron chi connectivity index (χ1n) is 6.24. The van der Waals surface area contributed by atoms with Gasteiger partial charge in [-0.25, -0.2) is 0 Å². The van der Waals surface area contributed by atoms with Crippen molar-refractivity contribution < 1.29 is 15.0 Å². The number of hydrogen-bond acceptors (Lipinski definition) is 3. The van der Waals surface area contributed by atoms with Crippen molar-refractivity contribution in [2.24, 2.45) is 5.92 Å². The standard InChI is InChI=1S/C15H17NO3/c1-9(7-14(17)18)15(19)12-5-6-13-11(8-12)4-3-10(2)16-13/h3-6,8-9,15,19H,7H2,1-2H3,(H,17,18). The van der Waals surface area contributed by atoms with Gasteiger partial charge in [0.2, 0.25) is 0 Å². The predicted octanol–water partition coefficient (Wildman–Crippen LogP) is 2.69. The van der Waals surface area contributed by atoms with E-state index in [1.807, 2.05) is 31.2 Å². The van der Waals surface area contributed by atoms with Crippen molar-refractivity contribution in [3.05, 3.63) is 41.6 Å². The number of rotatable bonds is 4. The monoisotopic (exact) mass is 259 g/mol. The van der Waals surface area contributed by atoms with Crippen LogP contribution in [0.15, 0.2) is 30.3 Å². The largest absolute Gasteiger partial charge is 0.481 e. The lowest BCUT2D eigenvalue weighted by Gasteiger charge is -2.17. The fourth-order valence-corrected chi connectivity index (χ4v) is 2.15. The van der Waals surface area contributed by atoms with Gasteiger partial charge in [0.15, 0.2) is 0 Å². The molecule has 2 atom stereocenters. The molecule has 0 saturated carbocycles. The summed E-state index contributed by atoms with van der Waals surface area (Å²) in [5.41, 5.74) is 2.55. The third-order valence-electron chi connectivity index (χ3n) is 3.23. The first-order chi connectivity index (χ1) is 8.97. The number of carboxylic acids is 1. The van der Waals surface area contributed by atoms with Gasteiger partial charge in [-0.15, -0.1) is 0 Å². The molecular weight excluding hydrogens is 242 g/mol. The van der Waals surface area contributed by atoms with Crippen LogP contribution in [0, 0.1) is 12.8 Å². The van der Waals surface area contributed by atoms with Gasteiger partial charge in [-0.2, -0.15) is 0 Å². The molecular formula is C15H17NO3. The highest BCUT2D eigenvalue weighted by Gasteiger charge is 2.19. The predicted molar refractivity (Wildman–Crippen MR) is 72.9 cm³/mol. The van der Waals surface area contributed by atoms with E-state index in [1.54, 1.807) is 13.0 Å². The summed E-state index contributed by atoms with van der Waals surface area (Å²) in [5.74, 6) is -1.22. The summed E-state index contributed by atoms with van der Waals surface area (Å²) in [6, 6.07) is 9.39. The molecule has 0 saturated heterocycles. The van der Waals surface area contributed by atoms with E-state index in [1.165, 1.54) is 0 Å².